The molecule has 13 heavy (non-hydrogen) atoms. The highest BCUT2D eigenvalue weighted by Gasteiger charge is 1.96. The molecule has 0 aliphatic rings. The maximum Gasteiger partial charge on any atom is 0.255 e. The molecule has 0 unspecified atom stereocenters. The van der Waals surface area contributed by atoms with Crippen LogP contribution in [-0.4, -0.2) is 15.1 Å². The Morgan fingerprint density at radius 3 is 2.62 bits per heavy atom. The van der Waals surface area contributed by atoms with E-state index in [9.17, 15) is 4.39 Å². The molecule has 0 bridgehead atoms. The highest BCUT2D eigenvalue weighted by molar-refractivity contribution is 5.41. The van der Waals surface area contributed by atoms with Crippen LogP contribution < -0.4 is 5.43 Å². The fourth-order valence-electron chi connectivity index (χ4n) is 0.943. The van der Waals surface area contributed by atoms with Gasteiger partial charge in [0.2, 0.25) is 0 Å². The maximum absolute atomic E-state index is 12.4. The number of aromatic nitrogens is 3. The molecule has 0 atom stereocenters. The minimum absolute atomic E-state index is 0.608. The third-order valence-electron chi connectivity index (χ3n) is 1.48. The predicted octanol–water partition coefficient (Wildman–Crippen LogP) is 1.29. The summed E-state index contributed by atoms with van der Waals surface area (Å²) in [6.45, 7) is 0. The van der Waals surface area contributed by atoms with Crippen molar-refractivity contribution in [2.45, 2.75) is 0 Å². The van der Waals surface area contributed by atoms with Gasteiger partial charge in [-0.1, -0.05) is 23.3 Å². The summed E-state index contributed by atoms with van der Waals surface area (Å²) in [4.78, 5) is 1.21. The zero-order valence-corrected chi connectivity index (χ0v) is 6.68. The minimum atomic E-state index is -0.608. The minimum Gasteiger partial charge on any atom is -0.277 e. The van der Waals surface area contributed by atoms with E-state index in [2.05, 4.69) is 15.7 Å². The average molecular weight is 178 g/mol. The number of hydrogen-bond acceptors (Lipinski definition) is 3. The Morgan fingerprint density at radius 1 is 1.23 bits per heavy atom. The second kappa shape index (κ2) is 3.22. The number of halogens is 1. The van der Waals surface area contributed by atoms with Crippen molar-refractivity contribution < 1.29 is 4.39 Å². The Bertz CT molecular complexity index is 384. The zero-order valence-electron chi connectivity index (χ0n) is 6.68. The summed E-state index contributed by atoms with van der Waals surface area (Å²) >= 11 is 0. The second-order valence-corrected chi connectivity index (χ2v) is 2.46. The van der Waals surface area contributed by atoms with Crippen molar-refractivity contribution in [3.8, 4) is 0 Å². The second-order valence-electron chi connectivity index (χ2n) is 2.46. The monoisotopic (exact) mass is 178 g/mol. The van der Waals surface area contributed by atoms with E-state index in [1.54, 1.807) is 0 Å². The van der Waals surface area contributed by atoms with Crippen molar-refractivity contribution in [2.75, 3.05) is 5.43 Å². The van der Waals surface area contributed by atoms with E-state index in [1.807, 2.05) is 30.3 Å². The number of nitrogens with zero attached hydrogens (tertiary/aromatic N) is 3. The molecule has 1 N–H and O–H groups in total. The van der Waals surface area contributed by atoms with Crippen LogP contribution in [0.5, 0.6) is 0 Å². The molecule has 0 amide bonds. The molecule has 1 heterocycles. The lowest BCUT2D eigenvalue weighted by molar-refractivity contribution is 0.578. The first kappa shape index (κ1) is 7.72. The Kier molecular flexibility index (Phi) is 1.91. The summed E-state index contributed by atoms with van der Waals surface area (Å²) < 4.78 is 12.4. The summed E-state index contributed by atoms with van der Waals surface area (Å²) in [6.07, 6.45) is 1.16. The molecule has 0 aliphatic heterocycles. The van der Waals surface area contributed by atoms with Gasteiger partial charge in [-0.2, -0.15) is 9.18 Å². The Labute approximate surface area is 74.0 Å². The van der Waals surface area contributed by atoms with Crippen molar-refractivity contribution in [2.24, 2.45) is 0 Å². The molecule has 66 valence electrons. The molecule has 0 spiro atoms. The number of rotatable bonds is 2. The van der Waals surface area contributed by atoms with Gasteiger partial charge in [0.25, 0.3) is 5.95 Å². The van der Waals surface area contributed by atoms with Gasteiger partial charge in [0.1, 0.15) is 6.20 Å². The molecule has 1 aromatic carbocycles. The fourth-order valence-corrected chi connectivity index (χ4v) is 0.943. The van der Waals surface area contributed by atoms with E-state index < -0.39 is 5.95 Å². The molecular weight excluding hydrogens is 171 g/mol. The van der Waals surface area contributed by atoms with E-state index in [0.29, 0.717) is 0 Å². The van der Waals surface area contributed by atoms with E-state index in [0.717, 1.165) is 11.9 Å². The molecule has 1 aromatic heterocycles. The molecule has 0 saturated carbocycles. The SMILES string of the molecule is Fc1cn(Nc2ccccc2)nn1. The van der Waals surface area contributed by atoms with Crippen LogP contribution in [0.4, 0.5) is 10.1 Å². The number of para-hydroxylation sites is 1. The van der Waals surface area contributed by atoms with Gasteiger partial charge in [0.15, 0.2) is 0 Å². The van der Waals surface area contributed by atoms with Gasteiger partial charge in [-0.25, -0.2) is 0 Å². The van der Waals surface area contributed by atoms with Crippen molar-refractivity contribution in [1.29, 1.82) is 0 Å². The van der Waals surface area contributed by atoms with Crippen molar-refractivity contribution in [3.63, 3.8) is 0 Å². The largest absolute Gasteiger partial charge is 0.277 e. The van der Waals surface area contributed by atoms with Crippen LogP contribution in [0.25, 0.3) is 0 Å². The molecule has 0 saturated heterocycles. The Morgan fingerprint density at radius 2 is 2.00 bits per heavy atom. The zero-order chi connectivity index (χ0) is 9.10. The van der Waals surface area contributed by atoms with E-state index in [-0.39, 0.29) is 0 Å². The van der Waals surface area contributed by atoms with E-state index >= 15 is 0 Å². The third-order valence-corrected chi connectivity index (χ3v) is 1.48. The number of anilines is 1. The lowest BCUT2D eigenvalue weighted by atomic mass is 10.3. The molecule has 5 heteroatoms. The van der Waals surface area contributed by atoms with E-state index in [1.165, 1.54) is 4.79 Å². The molecule has 4 nitrogen and oxygen atoms in total. The van der Waals surface area contributed by atoms with Gasteiger partial charge in [-0.15, -0.1) is 0 Å². The molecule has 0 radical (unpaired) electrons. The normalized spacial score (nSPS) is 9.92. The summed E-state index contributed by atoms with van der Waals surface area (Å²) in [5.74, 6) is -0.608. The number of hydrogen-bond donors (Lipinski definition) is 1. The summed E-state index contributed by atoms with van der Waals surface area (Å²) in [7, 11) is 0. The predicted molar refractivity (Wildman–Crippen MR) is 45.4 cm³/mol. The Balaban J connectivity index is 2.15. The quantitative estimate of drug-likeness (QED) is 0.753. The van der Waals surface area contributed by atoms with Gasteiger partial charge in [0, 0.05) is 0 Å². The molecule has 2 aromatic rings. The number of benzene rings is 1. The highest BCUT2D eigenvalue weighted by Crippen LogP contribution is 2.04. The summed E-state index contributed by atoms with van der Waals surface area (Å²) in [6, 6.07) is 9.33. The highest BCUT2D eigenvalue weighted by atomic mass is 19.1. The van der Waals surface area contributed by atoms with Crippen LogP contribution in [0.1, 0.15) is 0 Å². The average Bonchev–Trinajstić information content (AvgIpc) is 2.53. The third kappa shape index (κ3) is 1.81. The van der Waals surface area contributed by atoms with Crippen LogP contribution >= 0.6 is 0 Å². The van der Waals surface area contributed by atoms with Crippen molar-refractivity contribution >= 4 is 5.69 Å². The van der Waals surface area contributed by atoms with Gasteiger partial charge >= 0.3 is 0 Å². The van der Waals surface area contributed by atoms with E-state index in [4.69, 9.17) is 0 Å². The first-order valence-electron chi connectivity index (χ1n) is 3.74. The Hall–Kier alpha value is -1.91. The van der Waals surface area contributed by atoms with Gasteiger partial charge < -0.3 is 0 Å². The lowest BCUT2D eigenvalue weighted by Gasteiger charge is -2.02. The standard InChI is InChI=1S/C8H7FN4/c9-8-6-13(12-10-8)11-7-4-2-1-3-5-7/h1-6,11H. The fraction of sp³-hybridized carbons (Fsp3) is 0. The topological polar surface area (TPSA) is 42.7 Å². The van der Waals surface area contributed by atoms with Crippen molar-refractivity contribution in [1.82, 2.24) is 15.1 Å². The summed E-state index contributed by atoms with van der Waals surface area (Å²) in [5, 5.41) is 6.69. The number of nitrogens with one attached hydrogen (secondary N) is 1. The summed E-state index contributed by atoms with van der Waals surface area (Å²) in [5.41, 5.74) is 3.65. The van der Waals surface area contributed by atoms with Crippen LogP contribution in [0, 0.1) is 5.95 Å². The lowest BCUT2D eigenvalue weighted by Crippen LogP contribution is -2.09. The van der Waals surface area contributed by atoms with Gasteiger partial charge in [-0.05, 0) is 17.3 Å². The first-order valence-corrected chi connectivity index (χ1v) is 3.74. The smallest absolute Gasteiger partial charge is 0.255 e. The van der Waals surface area contributed by atoms with Gasteiger partial charge in [0.05, 0.1) is 5.69 Å². The van der Waals surface area contributed by atoms with Gasteiger partial charge in [-0.3, -0.25) is 5.43 Å². The van der Waals surface area contributed by atoms with Crippen LogP contribution in [-0.2, 0) is 0 Å². The van der Waals surface area contributed by atoms with Crippen LogP contribution in [0.2, 0.25) is 0 Å². The molecule has 2 rings (SSSR count). The maximum atomic E-state index is 12.4. The molecule has 0 aliphatic carbocycles. The molecule has 0 fully saturated rings. The van der Waals surface area contributed by atoms with Crippen LogP contribution in [0.3, 0.4) is 0 Å². The van der Waals surface area contributed by atoms with Crippen molar-refractivity contribution in [3.05, 3.63) is 42.5 Å². The van der Waals surface area contributed by atoms with Crippen LogP contribution in [0.15, 0.2) is 36.5 Å². The molecular formula is C8H7FN4. The first-order chi connectivity index (χ1) is 6.34.